The third-order valence-electron chi connectivity index (χ3n) is 1.76. The fourth-order valence-corrected chi connectivity index (χ4v) is 1.05. The van der Waals surface area contributed by atoms with Gasteiger partial charge in [0, 0.05) is 6.54 Å². The van der Waals surface area contributed by atoms with E-state index in [0.29, 0.717) is 26.4 Å². The summed E-state index contributed by atoms with van der Waals surface area (Å²) in [5, 5.41) is 0. The second kappa shape index (κ2) is 8.03. The maximum Gasteiger partial charge on any atom is 0.119 e. The number of ether oxygens (including phenoxy) is 2. The summed E-state index contributed by atoms with van der Waals surface area (Å²) in [5.74, 6) is 0.874. The number of hydrogen-bond acceptors (Lipinski definition) is 3. The van der Waals surface area contributed by atoms with E-state index in [1.165, 1.54) is 0 Å². The molecule has 0 unspecified atom stereocenters. The van der Waals surface area contributed by atoms with E-state index in [-0.39, 0.29) is 0 Å². The van der Waals surface area contributed by atoms with Crippen LogP contribution in [0.3, 0.4) is 0 Å². The number of para-hydroxylation sites is 1. The van der Waals surface area contributed by atoms with Crippen molar-refractivity contribution in [3.8, 4) is 5.75 Å². The minimum absolute atomic E-state index is 0.559. The first-order valence-electron chi connectivity index (χ1n) is 5.04. The lowest BCUT2D eigenvalue weighted by molar-refractivity contribution is 0.121. The topological polar surface area (TPSA) is 44.5 Å². The molecule has 3 heteroatoms. The van der Waals surface area contributed by atoms with Crippen LogP contribution in [0.25, 0.3) is 0 Å². The maximum absolute atomic E-state index is 5.44. The molecule has 0 fully saturated rings. The summed E-state index contributed by atoms with van der Waals surface area (Å²) in [4.78, 5) is 0. The highest BCUT2D eigenvalue weighted by atomic mass is 16.5. The average molecular weight is 207 g/mol. The van der Waals surface area contributed by atoms with Crippen LogP contribution in [0.4, 0.5) is 0 Å². The summed E-state index contributed by atoms with van der Waals surface area (Å²) < 4.78 is 10.7. The van der Waals surface area contributed by atoms with Crippen LogP contribution in [0.5, 0.6) is 5.75 Å². The van der Waals surface area contributed by atoms with Gasteiger partial charge < -0.3 is 15.2 Å². The van der Waals surface area contributed by atoms with Gasteiger partial charge in [0.15, 0.2) is 0 Å². The summed E-state index contributed by atoms with van der Waals surface area (Å²) in [6.07, 6.45) is 3.78. The Morgan fingerprint density at radius 2 is 1.87 bits per heavy atom. The van der Waals surface area contributed by atoms with E-state index in [4.69, 9.17) is 15.2 Å². The molecule has 0 radical (unpaired) electrons. The molecule has 15 heavy (non-hydrogen) atoms. The van der Waals surface area contributed by atoms with Gasteiger partial charge in [-0.25, -0.2) is 0 Å². The fraction of sp³-hybridized carbons (Fsp3) is 0.333. The van der Waals surface area contributed by atoms with Crippen LogP contribution in [0.1, 0.15) is 0 Å². The normalized spacial score (nSPS) is 10.7. The Hall–Kier alpha value is -1.32. The SMILES string of the molecule is NCC=CCOCCOc1ccccc1. The Balaban J connectivity index is 2.00. The Morgan fingerprint density at radius 1 is 1.07 bits per heavy atom. The van der Waals surface area contributed by atoms with Gasteiger partial charge in [0.1, 0.15) is 12.4 Å². The zero-order chi connectivity index (χ0) is 10.8. The molecule has 0 aliphatic rings. The van der Waals surface area contributed by atoms with Crippen LogP contribution in [0.2, 0.25) is 0 Å². The van der Waals surface area contributed by atoms with E-state index < -0.39 is 0 Å². The summed E-state index contributed by atoms with van der Waals surface area (Å²) in [7, 11) is 0. The summed E-state index contributed by atoms with van der Waals surface area (Å²) in [6.45, 7) is 2.31. The number of rotatable bonds is 7. The second-order valence-corrected chi connectivity index (χ2v) is 2.94. The van der Waals surface area contributed by atoms with Crippen molar-refractivity contribution in [1.82, 2.24) is 0 Å². The van der Waals surface area contributed by atoms with Gasteiger partial charge in [-0.05, 0) is 12.1 Å². The number of benzene rings is 1. The van der Waals surface area contributed by atoms with Gasteiger partial charge in [-0.1, -0.05) is 30.4 Å². The summed E-state index contributed by atoms with van der Waals surface area (Å²) in [6, 6.07) is 9.70. The first kappa shape index (κ1) is 11.8. The van der Waals surface area contributed by atoms with Gasteiger partial charge in [-0.3, -0.25) is 0 Å². The molecule has 1 aromatic carbocycles. The van der Waals surface area contributed by atoms with Crippen molar-refractivity contribution in [3.05, 3.63) is 42.5 Å². The Bertz CT molecular complexity index is 272. The quantitative estimate of drug-likeness (QED) is 0.545. The van der Waals surface area contributed by atoms with Crippen molar-refractivity contribution in [1.29, 1.82) is 0 Å². The van der Waals surface area contributed by atoms with Crippen LogP contribution in [-0.4, -0.2) is 26.4 Å². The first-order chi connectivity index (χ1) is 7.43. The van der Waals surface area contributed by atoms with Crippen molar-refractivity contribution >= 4 is 0 Å². The molecule has 1 aromatic rings. The van der Waals surface area contributed by atoms with Crippen LogP contribution < -0.4 is 10.5 Å². The van der Waals surface area contributed by atoms with E-state index in [0.717, 1.165) is 5.75 Å². The lowest BCUT2D eigenvalue weighted by atomic mass is 10.3. The van der Waals surface area contributed by atoms with Crippen molar-refractivity contribution in [2.24, 2.45) is 5.73 Å². The molecule has 1 rings (SSSR count). The largest absolute Gasteiger partial charge is 0.491 e. The van der Waals surface area contributed by atoms with Crippen molar-refractivity contribution < 1.29 is 9.47 Å². The van der Waals surface area contributed by atoms with E-state index >= 15 is 0 Å². The monoisotopic (exact) mass is 207 g/mol. The molecule has 0 saturated heterocycles. The van der Waals surface area contributed by atoms with Crippen LogP contribution in [0.15, 0.2) is 42.5 Å². The summed E-state index contributed by atoms with van der Waals surface area (Å²) >= 11 is 0. The molecule has 0 aliphatic heterocycles. The Labute approximate surface area is 90.5 Å². The minimum atomic E-state index is 0.559. The lowest BCUT2D eigenvalue weighted by Crippen LogP contribution is -2.06. The van der Waals surface area contributed by atoms with Gasteiger partial charge in [-0.15, -0.1) is 0 Å². The Morgan fingerprint density at radius 3 is 2.60 bits per heavy atom. The van der Waals surface area contributed by atoms with Gasteiger partial charge in [0.05, 0.1) is 13.2 Å². The van der Waals surface area contributed by atoms with Crippen LogP contribution in [-0.2, 0) is 4.74 Å². The predicted octanol–water partition coefficient (Wildman–Crippen LogP) is 1.60. The zero-order valence-electron chi connectivity index (χ0n) is 8.76. The van der Waals surface area contributed by atoms with E-state index in [9.17, 15) is 0 Å². The van der Waals surface area contributed by atoms with Gasteiger partial charge >= 0.3 is 0 Å². The standard InChI is InChI=1S/C12H17NO2/c13-8-4-5-9-14-10-11-15-12-6-2-1-3-7-12/h1-7H,8-11,13H2. The number of nitrogens with two attached hydrogens (primary N) is 1. The van der Waals surface area contributed by atoms with E-state index in [1.807, 2.05) is 42.5 Å². The van der Waals surface area contributed by atoms with Crippen molar-refractivity contribution in [2.75, 3.05) is 26.4 Å². The molecule has 0 bridgehead atoms. The van der Waals surface area contributed by atoms with Crippen LogP contribution in [0, 0.1) is 0 Å². The van der Waals surface area contributed by atoms with Gasteiger partial charge in [-0.2, -0.15) is 0 Å². The molecule has 3 nitrogen and oxygen atoms in total. The highest BCUT2D eigenvalue weighted by Gasteiger charge is 1.90. The maximum atomic E-state index is 5.44. The minimum Gasteiger partial charge on any atom is -0.491 e. The molecule has 0 saturated carbocycles. The van der Waals surface area contributed by atoms with Crippen molar-refractivity contribution in [2.45, 2.75) is 0 Å². The lowest BCUT2D eigenvalue weighted by Gasteiger charge is -2.05. The molecular weight excluding hydrogens is 190 g/mol. The van der Waals surface area contributed by atoms with Crippen molar-refractivity contribution in [3.63, 3.8) is 0 Å². The molecule has 0 atom stereocenters. The van der Waals surface area contributed by atoms with E-state index in [1.54, 1.807) is 0 Å². The second-order valence-electron chi connectivity index (χ2n) is 2.94. The van der Waals surface area contributed by atoms with Gasteiger partial charge in [0.2, 0.25) is 0 Å². The predicted molar refractivity (Wildman–Crippen MR) is 61.0 cm³/mol. The highest BCUT2D eigenvalue weighted by molar-refractivity contribution is 5.20. The zero-order valence-corrected chi connectivity index (χ0v) is 8.76. The molecule has 82 valence electrons. The average Bonchev–Trinajstić information content (AvgIpc) is 2.29. The van der Waals surface area contributed by atoms with Gasteiger partial charge in [0.25, 0.3) is 0 Å². The third kappa shape index (κ3) is 5.88. The highest BCUT2D eigenvalue weighted by Crippen LogP contribution is 2.07. The first-order valence-corrected chi connectivity index (χ1v) is 5.04. The molecule has 0 spiro atoms. The smallest absolute Gasteiger partial charge is 0.119 e. The molecule has 0 heterocycles. The number of hydrogen-bond donors (Lipinski definition) is 1. The van der Waals surface area contributed by atoms with Crippen LogP contribution >= 0.6 is 0 Å². The molecule has 0 amide bonds. The Kier molecular flexibility index (Phi) is 6.29. The molecule has 2 N–H and O–H groups in total. The summed E-state index contributed by atoms with van der Waals surface area (Å²) in [5.41, 5.74) is 5.28. The molecular formula is C12H17NO2. The van der Waals surface area contributed by atoms with E-state index in [2.05, 4.69) is 0 Å². The third-order valence-corrected chi connectivity index (χ3v) is 1.76. The fourth-order valence-electron chi connectivity index (χ4n) is 1.05. The molecule has 0 aliphatic carbocycles. The molecule has 0 aromatic heterocycles.